The Labute approximate surface area is 235 Å². The number of carboxylic acids is 1. The highest BCUT2D eigenvalue weighted by atomic mass is 32.2. The zero-order valence-corrected chi connectivity index (χ0v) is 23.1. The predicted octanol–water partition coefficient (Wildman–Crippen LogP) is 6.90. The molecule has 0 spiro atoms. The number of alkyl halides is 3. The third kappa shape index (κ3) is 8.39. The maximum Gasteiger partial charge on any atom is 0.446 e. The van der Waals surface area contributed by atoms with Crippen molar-refractivity contribution in [3.63, 3.8) is 0 Å². The molecule has 216 valence electrons. The summed E-state index contributed by atoms with van der Waals surface area (Å²) in [5.74, 6) is -0.710. The van der Waals surface area contributed by atoms with Crippen molar-refractivity contribution in [1.29, 1.82) is 0 Å². The Morgan fingerprint density at radius 1 is 1.00 bits per heavy atom. The van der Waals surface area contributed by atoms with Gasteiger partial charge in [0.25, 0.3) is 5.91 Å². The Morgan fingerprint density at radius 2 is 1.62 bits per heavy atom. The second-order valence-electron chi connectivity index (χ2n) is 10.9. The quantitative estimate of drug-likeness (QED) is 0.267. The molecule has 40 heavy (non-hydrogen) atoms. The van der Waals surface area contributed by atoms with Gasteiger partial charge in [-0.2, -0.15) is 13.2 Å². The van der Waals surface area contributed by atoms with Crippen molar-refractivity contribution in [2.45, 2.75) is 74.9 Å². The van der Waals surface area contributed by atoms with Gasteiger partial charge in [-0.25, -0.2) is 4.79 Å². The largest absolute Gasteiger partial charge is 0.481 e. The molecule has 0 saturated heterocycles. The monoisotopic (exact) mass is 577 g/mol. The summed E-state index contributed by atoms with van der Waals surface area (Å²) in [4.78, 5) is 38.3. The van der Waals surface area contributed by atoms with Gasteiger partial charge in [-0.1, -0.05) is 19.1 Å². The van der Waals surface area contributed by atoms with Gasteiger partial charge in [0.15, 0.2) is 0 Å². The topological polar surface area (TPSA) is 98.7 Å². The van der Waals surface area contributed by atoms with E-state index in [2.05, 4.69) is 17.6 Å². The van der Waals surface area contributed by atoms with Crippen LogP contribution in [0.2, 0.25) is 0 Å². The molecular weight excluding hydrogens is 543 g/mol. The summed E-state index contributed by atoms with van der Waals surface area (Å²) in [7, 11) is 0. The van der Waals surface area contributed by atoms with E-state index >= 15 is 0 Å². The fraction of sp³-hybridized carbons (Fsp3) is 0.483. The van der Waals surface area contributed by atoms with Crippen molar-refractivity contribution < 1.29 is 32.7 Å². The number of amides is 3. The molecule has 2 saturated carbocycles. The van der Waals surface area contributed by atoms with Crippen LogP contribution in [0, 0.1) is 11.3 Å². The van der Waals surface area contributed by atoms with E-state index in [0.717, 1.165) is 31.2 Å². The first-order valence-electron chi connectivity index (χ1n) is 13.4. The number of hydrogen-bond acceptors (Lipinski definition) is 4. The molecule has 0 aliphatic heterocycles. The number of benzene rings is 2. The first-order valence-corrected chi connectivity index (χ1v) is 14.3. The maximum absolute atomic E-state index is 13.5. The summed E-state index contributed by atoms with van der Waals surface area (Å²) in [6.07, 6.45) is 6.18. The van der Waals surface area contributed by atoms with Gasteiger partial charge >= 0.3 is 17.5 Å². The molecule has 0 bridgehead atoms. The standard InChI is InChI=1S/C29H34F3N3O4S/c1-28(15-16-28)21-6-10-23(11-7-21)35(27(39)34-22-8-12-24(13-9-22)40-29(30,31)32)18-19-2-4-20(5-3-19)26(38)33-17-14-25(36)37/h2-5,8-9,12-13,21,23H,6-7,10-11,14-18H2,1H3,(H,33,38)(H,34,39)(H,36,37). The second kappa shape index (κ2) is 12.5. The van der Waals surface area contributed by atoms with Gasteiger partial charge in [-0.15, -0.1) is 0 Å². The molecule has 2 fully saturated rings. The molecule has 0 atom stereocenters. The number of anilines is 1. The number of nitrogens with zero attached hydrogens (tertiary/aromatic N) is 1. The molecule has 11 heteroatoms. The summed E-state index contributed by atoms with van der Waals surface area (Å²) in [6, 6.07) is 12.1. The van der Waals surface area contributed by atoms with Gasteiger partial charge in [0.1, 0.15) is 0 Å². The maximum atomic E-state index is 13.5. The van der Waals surface area contributed by atoms with Crippen LogP contribution in [0.1, 0.15) is 67.8 Å². The lowest BCUT2D eigenvalue weighted by molar-refractivity contribution is -0.136. The minimum absolute atomic E-state index is 0.0117. The van der Waals surface area contributed by atoms with Gasteiger partial charge in [-0.3, -0.25) is 9.59 Å². The Kier molecular flexibility index (Phi) is 9.33. The third-order valence-corrected chi connectivity index (χ3v) is 8.69. The van der Waals surface area contributed by atoms with Crippen molar-refractivity contribution in [2.24, 2.45) is 11.3 Å². The highest BCUT2D eigenvalue weighted by Crippen LogP contribution is 2.56. The third-order valence-electron chi connectivity index (χ3n) is 7.96. The number of thioether (sulfide) groups is 1. The van der Waals surface area contributed by atoms with E-state index in [4.69, 9.17) is 5.11 Å². The SMILES string of the molecule is CC1(C2CCC(N(Cc3ccc(C(=O)NCCC(=O)O)cc3)C(=O)Nc3ccc(SC(F)(F)F)cc3)CC2)CC1. The highest BCUT2D eigenvalue weighted by molar-refractivity contribution is 8.00. The van der Waals surface area contributed by atoms with Crippen molar-refractivity contribution >= 4 is 35.4 Å². The summed E-state index contributed by atoms with van der Waals surface area (Å²) >= 11 is -0.203. The first kappa shape index (κ1) is 29.8. The fourth-order valence-electron chi connectivity index (χ4n) is 5.34. The van der Waals surface area contributed by atoms with E-state index in [-0.39, 0.29) is 47.6 Å². The number of aliphatic carboxylic acids is 1. The Hall–Kier alpha value is -3.21. The lowest BCUT2D eigenvalue weighted by Crippen LogP contribution is -2.44. The summed E-state index contributed by atoms with van der Waals surface area (Å²) < 4.78 is 38.0. The van der Waals surface area contributed by atoms with Crippen molar-refractivity contribution in [3.8, 4) is 0 Å². The van der Waals surface area contributed by atoms with E-state index in [1.165, 1.54) is 37.1 Å². The minimum atomic E-state index is -4.38. The van der Waals surface area contributed by atoms with E-state index in [1.54, 1.807) is 29.2 Å². The van der Waals surface area contributed by atoms with Crippen LogP contribution in [0.5, 0.6) is 0 Å². The van der Waals surface area contributed by atoms with Gasteiger partial charge < -0.3 is 20.6 Å². The molecule has 2 aromatic rings. The van der Waals surface area contributed by atoms with Crippen LogP contribution in [-0.4, -0.2) is 46.0 Å². The minimum Gasteiger partial charge on any atom is -0.481 e. The van der Waals surface area contributed by atoms with Crippen molar-refractivity contribution in [1.82, 2.24) is 10.2 Å². The van der Waals surface area contributed by atoms with Crippen LogP contribution in [0.4, 0.5) is 23.7 Å². The second-order valence-corrected chi connectivity index (χ2v) is 12.0. The Balaban J connectivity index is 1.43. The molecule has 2 aromatic carbocycles. The summed E-state index contributed by atoms with van der Waals surface area (Å²) in [6.45, 7) is 2.67. The average Bonchev–Trinajstić information content (AvgIpc) is 3.66. The number of carbonyl (C=O) groups is 3. The van der Waals surface area contributed by atoms with Crippen LogP contribution in [0.3, 0.4) is 0 Å². The number of halogens is 3. The van der Waals surface area contributed by atoms with Gasteiger partial charge in [0.2, 0.25) is 0 Å². The number of carbonyl (C=O) groups excluding carboxylic acids is 2. The molecule has 3 N–H and O–H groups in total. The number of urea groups is 1. The molecule has 0 radical (unpaired) electrons. The normalized spacial score (nSPS) is 19.9. The molecular formula is C29H34F3N3O4S. The van der Waals surface area contributed by atoms with E-state index in [0.29, 0.717) is 29.1 Å². The van der Waals surface area contributed by atoms with Crippen LogP contribution in [0.15, 0.2) is 53.4 Å². The van der Waals surface area contributed by atoms with E-state index in [1.807, 2.05) is 0 Å². The molecule has 0 heterocycles. The smallest absolute Gasteiger partial charge is 0.446 e. The average molecular weight is 578 g/mol. The van der Waals surface area contributed by atoms with Crippen LogP contribution in [0.25, 0.3) is 0 Å². The highest BCUT2D eigenvalue weighted by Gasteiger charge is 2.46. The van der Waals surface area contributed by atoms with Crippen molar-refractivity contribution in [3.05, 3.63) is 59.7 Å². The number of nitrogens with one attached hydrogen (secondary N) is 2. The number of rotatable bonds is 10. The fourth-order valence-corrected chi connectivity index (χ4v) is 5.87. The number of hydrogen-bond donors (Lipinski definition) is 3. The molecule has 3 amide bonds. The molecule has 7 nitrogen and oxygen atoms in total. The lowest BCUT2D eigenvalue weighted by atomic mass is 9.76. The molecule has 4 rings (SSSR count). The Morgan fingerprint density at radius 3 is 2.17 bits per heavy atom. The zero-order valence-electron chi connectivity index (χ0n) is 22.3. The first-order chi connectivity index (χ1) is 18.9. The van der Waals surface area contributed by atoms with Crippen LogP contribution >= 0.6 is 11.8 Å². The zero-order chi connectivity index (χ0) is 28.9. The van der Waals surface area contributed by atoms with Crippen LogP contribution < -0.4 is 10.6 Å². The predicted molar refractivity (Wildman–Crippen MR) is 147 cm³/mol. The van der Waals surface area contributed by atoms with Crippen molar-refractivity contribution in [2.75, 3.05) is 11.9 Å². The summed E-state index contributed by atoms with van der Waals surface area (Å²) in [5, 5.41) is 14.2. The molecule has 2 aliphatic carbocycles. The Bertz CT molecular complexity index is 1190. The summed E-state index contributed by atoms with van der Waals surface area (Å²) in [5.41, 5.74) is -2.33. The van der Waals surface area contributed by atoms with E-state index < -0.39 is 11.5 Å². The molecule has 0 aromatic heterocycles. The molecule has 0 unspecified atom stereocenters. The lowest BCUT2D eigenvalue weighted by Gasteiger charge is -2.39. The number of carboxylic acid groups (broad SMARTS) is 1. The van der Waals surface area contributed by atoms with E-state index in [9.17, 15) is 27.6 Å². The van der Waals surface area contributed by atoms with Gasteiger partial charge in [0.05, 0.1) is 6.42 Å². The van der Waals surface area contributed by atoms with Gasteiger partial charge in [0, 0.05) is 35.3 Å². The van der Waals surface area contributed by atoms with Crippen LogP contribution in [-0.2, 0) is 11.3 Å². The van der Waals surface area contributed by atoms with Gasteiger partial charge in [-0.05, 0) is 104 Å². The molecule has 2 aliphatic rings.